The molecule has 0 amide bonds. The summed E-state index contributed by atoms with van der Waals surface area (Å²) in [7, 11) is 2.90. The fourth-order valence-corrected chi connectivity index (χ4v) is 2.00. The van der Waals surface area contributed by atoms with Crippen LogP contribution in [0.3, 0.4) is 0 Å². The molecule has 2 aromatic heterocycles. The summed E-state index contributed by atoms with van der Waals surface area (Å²) in [6.45, 7) is 7.22. The monoisotopic (exact) mass is 321 g/mol. The summed E-state index contributed by atoms with van der Waals surface area (Å²) in [5.74, 6) is -0.474. The summed E-state index contributed by atoms with van der Waals surface area (Å²) in [6, 6.07) is 0. The molecule has 0 saturated carbocycles. The molecule has 23 heavy (non-hydrogen) atoms. The van der Waals surface area contributed by atoms with E-state index in [1.165, 1.54) is 18.7 Å². The van der Waals surface area contributed by atoms with Gasteiger partial charge in [0.05, 0.1) is 5.69 Å². The highest BCUT2D eigenvalue weighted by Gasteiger charge is 2.26. The van der Waals surface area contributed by atoms with Crippen LogP contribution in [0.2, 0.25) is 0 Å². The first kappa shape index (κ1) is 16.7. The van der Waals surface area contributed by atoms with Crippen molar-refractivity contribution in [1.29, 1.82) is 0 Å². The Morgan fingerprint density at radius 2 is 1.65 bits per heavy atom. The Hall–Kier alpha value is -2.71. The van der Waals surface area contributed by atoms with Crippen LogP contribution in [0.15, 0.2) is 24.3 Å². The lowest BCUT2D eigenvalue weighted by atomic mass is 9.91. The van der Waals surface area contributed by atoms with Crippen LogP contribution < -0.4 is 11.2 Å². The minimum atomic E-state index is -0.567. The molecule has 0 atom stereocenters. The summed E-state index contributed by atoms with van der Waals surface area (Å²) >= 11 is 0. The van der Waals surface area contributed by atoms with Crippen LogP contribution in [0.1, 0.15) is 32.2 Å². The minimum absolute atomic E-state index is 0.00931. The van der Waals surface area contributed by atoms with Crippen molar-refractivity contribution in [1.82, 2.24) is 14.3 Å². The Morgan fingerprint density at radius 3 is 2.22 bits per heavy atom. The lowest BCUT2D eigenvalue weighted by Gasteiger charge is -2.14. The van der Waals surface area contributed by atoms with Gasteiger partial charge in [-0.2, -0.15) is 0 Å². The van der Waals surface area contributed by atoms with Crippen LogP contribution in [0, 0.1) is 6.92 Å². The van der Waals surface area contributed by atoms with Gasteiger partial charge in [-0.05, 0) is 6.92 Å². The smallest absolute Gasteiger partial charge is 0.337 e. The van der Waals surface area contributed by atoms with Crippen LogP contribution in [0.25, 0.3) is 0 Å². The van der Waals surface area contributed by atoms with Crippen molar-refractivity contribution in [2.45, 2.75) is 33.1 Å². The number of hydrogen-bond donors (Lipinski definition) is 1. The Balaban J connectivity index is 2.62. The summed E-state index contributed by atoms with van der Waals surface area (Å²) in [5, 5.41) is 21.4. The molecule has 0 aliphatic heterocycles. The average molecular weight is 321 g/mol. The highest BCUT2D eigenvalue weighted by Crippen LogP contribution is 2.38. The van der Waals surface area contributed by atoms with Gasteiger partial charge in [0.1, 0.15) is 5.69 Å². The third kappa shape index (κ3) is 2.81. The molecule has 9 nitrogen and oxygen atoms in total. The fourth-order valence-electron chi connectivity index (χ4n) is 2.00. The summed E-state index contributed by atoms with van der Waals surface area (Å²) in [5.41, 5.74) is -0.587. The molecule has 0 unspecified atom stereocenters. The molecule has 0 radical (unpaired) electrons. The molecule has 0 spiro atoms. The SMILES string of the molecule is Cc1c(N=Nc2c(C(C)(C)C)noc2O)c(=O)n(C)c(=O)n1C. The molecular weight excluding hydrogens is 302 g/mol. The van der Waals surface area contributed by atoms with E-state index < -0.39 is 22.6 Å². The van der Waals surface area contributed by atoms with Crippen molar-refractivity contribution in [3.05, 3.63) is 32.2 Å². The molecule has 0 aliphatic rings. The molecule has 0 aromatic carbocycles. The van der Waals surface area contributed by atoms with E-state index in [2.05, 4.69) is 15.4 Å². The normalized spacial score (nSPS) is 12.3. The second-order valence-electron chi connectivity index (χ2n) is 6.27. The van der Waals surface area contributed by atoms with Crippen molar-refractivity contribution >= 4 is 11.4 Å². The third-order valence-corrected chi connectivity index (χ3v) is 3.54. The lowest BCUT2D eigenvalue weighted by molar-refractivity contribution is 0.273. The summed E-state index contributed by atoms with van der Waals surface area (Å²) in [4.78, 5) is 24.0. The third-order valence-electron chi connectivity index (χ3n) is 3.54. The first-order valence-corrected chi connectivity index (χ1v) is 6.93. The zero-order chi connectivity index (χ0) is 17.5. The molecule has 2 heterocycles. The first-order valence-electron chi connectivity index (χ1n) is 6.93. The van der Waals surface area contributed by atoms with Gasteiger partial charge in [0.15, 0.2) is 11.4 Å². The molecule has 9 heteroatoms. The van der Waals surface area contributed by atoms with Crippen molar-refractivity contribution in [3.8, 4) is 5.95 Å². The zero-order valence-electron chi connectivity index (χ0n) is 13.9. The number of aromatic nitrogens is 3. The zero-order valence-corrected chi connectivity index (χ0v) is 13.9. The van der Waals surface area contributed by atoms with Crippen molar-refractivity contribution in [3.63, 3.8) is 0 Å². The number of nitrogens with zero attached hydrogens (tertiary/aromatic N) is 5. The van der Waals surface area contributed by atoms with Gasteiger partial charge in [-0.25, -0.2) is 4.79 Å². The van der Waals surface area contributed by atoms with Gasteiger partial charge in [-0.15, -0.1) is 10.2 Å². The Bertz CT molecular complexity index is 896. The molecule has 1 N–H and O–H groups in total. The highest BCUT2D eigenvalue weighted by atomic mass is 16.5. The second-order valence-corrected chi connectivity index (χ2v) is 6.27. The van der Waals surface area contributed by atoms with Gasteiger partial charge >= 0.3 is 11.6 Å². The van der Waals surface area contributed by atoms with Crippen LogP contribution in [0.4, 0.5) is 11.4 Å². The maximum atomic E-state index is 12.2. The summed E-state index contributed by atoms with van der Waals surface area (Å²) < 4.78 is 6.99. The Labute approximate surface area is 131 Å². The minimum Gasteiger partial charge on any atom is -0.478 e. The Morgan fingerprint density at radius 1 is 1.09 bits per heavy atom. The predicted octanol–water partition coefficient (Wildman–Crippen LogP) is 1.80. The number of aromatic hydroxyl groups is 1. The van der Waals surface area contributed by atoms with E-state index in [1.807, 2.05) is 20.8 Å². The van der Waals surface area contributed by atoms with E-state index >= 15 is 0 Å². The molecule has 124 valence electrons. The van der Waals surface area contributed by atoms with E-state index in [0.717, 1.165) is 4.57 Å². The fraction of sp³-hybridized carbons (Fsp3) is 0.500. The standard InChI is InChI=1S/C14H19N5O4/c1-7-8(11(20)19(6)13(22)18(7)5)15-16-9-10(14(2,3)4)17-23-12(9)21/h21H,1-6H3. The molecule has 0 saturated heterocycles. The second kappa shape index (κ2) is 5.49. The average Bonchev–Trinajstić information content (AvgIpc) is 2.84. The van der Waals surface area contributed by atoms with E-state index in [-0.39, 0.29) is 11.4 Å². The quantitative estimate of drug-likeness (QED) is 0.847. The van der Waals surface area contributed by atoms with E-state index in [9.17, 15) is 14.7 Å². The number of hydrogen-bond acceptors (Lipinski definition) is 7. The van der Waals surface area contributed by atoms with Crippen LogP contribution in [-0.4, -0.2) is 19.4 Å². The van der Waals surface area contributed by atoms with Crippen LogP contribution in [0.5, 0.6) is 5.95 Å². The predicted molar refractivity (Wildman–Crippen MR) is 82.7 cm³/mol. The molecular formula is C14H19N5O4. The van der Waals surface area contributed by atoms with Gasteiger partial charge in [-0.3, -0.25) is 13.9 Å². The summed E-state index contributed by atoms with van der Waals surface area (Å²) in [6.07, 6.45) is 0. The van der Waals surface area contributed by atoms with Crippen molar-refractivity contribution in [2.24, 2.45) is 24.3 Å². The van der Waals surface area contributed by atoms with Gasteiger partial charge in [0, 0.05) is 19.5 Å². The van der Waals surface area contributed by atoms with Crippen molar-refractivity contribution in [2.75, 3.05) is 0 Å². The topological polar surface area (TPSA) is 115 Å². The molecule has 2 aromatic rings. The molecule has 0 bridgehead atoms. The van der Waals surface area contributed by atoms with Gasteiger partial charge in [0.25, 0.3) is 5.56 Å². The first-order chi connectivity index (χ1) is 10.6. The molecule has 0 fully saturated rings. The molecule has 2 rings (SSSR count). The highest BCUT2D eigenvalue weighted by molar-refractivity contribution is 5.52. The maximum absolute atomic E-state index is 12.2. The van der Waals surface area contributed by atoms with Crippen molar-refractivity contribution < 1.29 is 9.63 Å². The largest absolute Gasteiger partial charge is 0.478 e. The van der Waals surface area contributed by atoms with Crippen LogP contribution >= 0.6 is 0 Å². The van der Waals surface area contributed by atoms with Gasteiger partial charge in [-0.1, -0.05) is 25.9 Å². The Kier molecular flexibility index (Phi) is 3.97. The van der Waals surface area contributed by atoms with Gasteiger partial charge < -0.3 is 9.63 Å². The number of rotatable bonds is 2. The number of azo groups is 1. The molecule has 0 aliphatic carbocycles. The van der Waals surface area contributed by atoms with Gasteiger partial charge in [0.2, 0.25) is 0 Å². The van der Waals surface area contributed by atoms with E-state index in [1.54, 1.807) is 6.92 Å². The van der Waals surface area contributed by atoms with Crippen LogP contribution in [-0.2, 0) is 19.5 Å². The maximum Gasteiger partial charge on any atom is 0.337 e. The lowest BCUT2D eigenvalue weighted by Crippen LogP contribution is -2.37. The van der Waals surface area contributed by atoms with E-state index in [0.29, 0.717) is 11.4 Å². The van der Waals surface area contributed by atoms with E-state index in [4.69, 9.17) is 4.52 Å².